The zero-order chi connectivity index (χ0) is 19.2. The van der Waals surface area contributed by atoms with Gasteiger partial charge < -0.3 is 24.8 Å². The number of benzene rings is 1. The Morgan fingerprint density at radius 2 is 2.04 bits per heavy atom. The van der Waals surface area contributed by atoms with Crippen LogP contribution in [0, 0.1) is 0 Å². The highest BCUT2D eigenvalue weighted by Crippen LogP contribution is 2.36. The molecule has 3 rings (SSSR count). The molecular weight excluding hydrogens is 362 g/mol. The summed E-state index contributed by atoms with van der Waals surface area (Å²) in [6, 6.07) is 5.82. The Bertz CT molecular complexity index is 591. The Kier molecular flexibility index (Phi) is 7.67. The highest BCUT2D eigenvalue weighted by molar-refractivity contribution is 6.32. The Balaban J connectivity index is 0.000000758. The van der Waals surface area contributed by atoms with E-state index in [0.29, 0.717) is 23.8 Å². The number of likely N-dealkylation sites (tertiary alicyclic amines) is 1. The van der Waals surface area contributed by atoms with Crippen molar-refractivity contribution in [3.8, 4) is 5.75 Å². The smallest absolute Gasteiger partial charge is 0.290 e. The van der Waals surface area contributed by atoms with Gasteiger partial charge in [-0.1, -0.05) is 17.7 Å². The van der Waals surface area contributed by atoms with E-state index >= 15 is 0 Å². The molecule has 3 N–H and O–H groups in total. The summed E-state index contributed by atoms with van der Waals surface area (Å²) in [5, 5.41) is 27.7. The van der Waals surface area contributed by atoms with Crippen molar-refractivity contribution >= 4 is 18.1 Å². The molecular formula is C18H26ClNO6. The normalized spacial score (nSPS) is 25.2. The summed E-state index contributed by atoms with van der Waals surface area (Å²) >= 11 is 6.06. The minimum atomic E-state index is -0.783. The number of carbonyl (C=O) groups is 1. The van der Waals surface area contributed by atoms with Crippen LogP contribution in [0.5, 0.6) is 5.75 Å². The second kappa shape index (κ2) is 9.53. The molecule has 2 saturated heterocycles. The number of methoxy groups -OCH3 is 1. The average molecular weight is 388 g/mol. The van der Waals surface area contributed by atoms with E-state index in [2.05, 4.69) is 4.90 Å². The summed E-state index contributed by atoms with van der Waals surface area (Å²) in [5.41, 5.74) is 0.568. The topological polar surface area (TPSA) is 99.5 Å². The predicted molar refractivity (Wildman–Crippen MR) is 96.5 cm³/mol. The van der Waals surface area contributed by atoms with E-state index in [4.69, 9.17) is 31.0 Å². The van der Waals surface area contributed by atoms with Crippen LogP contribution in [0.25, 0.3) is 0 Å². The summed E-state index contributed by atoms with van der Waals surface area (Å²) in [6.07, 6.45) is 0.521. The van der Waals surface area contributed by atoms with Crippen molar-refractivity contribution in [2.75, 3.05) is 26.8 Å². The lowest BCUT2D eigenvalue weighted by Gasteiger charge is -2.48. The van der Waals surface area contributed by atoms with Gasteiger partial charge in [0, 0.05) is 19.6 Å². The minimum Gasteiger partial charge on any atom is -0.495 e. The van der Waals surface area contributed by atoms with Crippen molar-refractivity contribution in [3.05, 3.63) is 28.8 Å². The third kappa shape index (κ3) is 4.86. The number of aliphatic hydroxyl groups excluding tert-OH is 2. The molecule has 0 saturated carbocycles. The number of carboxylic acid groups (broad SMARTS) is 1. The van der Waals surface area contributed by atoms with Crippen LogP contribution < -0.4 is 4.74 Å². The van der Waals surface area contributed by atoms with E-state index in [9.17, 15) is 10.2 Å². The number of piperidine rings is 1. The molecule has 0 bridgehead atoms. The van der Waals surface area contributed by atoms with E-state index in [1.807, 2.05) is 18.2 Å². The van der Waals surface area contributed by atoms with E-state index in [1.165, 1.54) is 0 Å². The molecule has 0 aromatic heterocycles. The number of rotatable bonds is 3. The summed E-state index contributed by atoms with van der Waals surface area (Å²) in [4.78, 5) is 10.7. The molecule has 0 amide bonds. The van der Waals surface area contributed by atoms with Crippen LogP contribution in [0.3, 0.4) is 0 Å². The van der Waals surface area contributed by atoms with E-state index in [-0.39, 0.29) is 6.47 Å². The number of ether oxygens (including phenoxy) is 2. The number of aliphatic hydroxyl groups is 2. The lowest BCUT2D eigenvalue weighted by Crippen LogP contribution is -2.59. The standard InChI is InChI=1S/C17H24ClNO4.CH2O2/c1-22-15-10-12(2-3-13(15)18)11-19-7-5-17(6-8-19)16(21)14(20)4-9-23-17;2-1-3/h2-3,10,14,16,20-21H,4-9,11H2,1H3;1H,(H,2,3)/t14-,16-;/m0./s1. The second-order valence-electron chi connectivity index (χ2n) is 6.56. The predicted octanol–water partition coefficient (Wildman–Crippen LogP) is 1.53. The maximum Gasteiger partial charge on any atom is 0.290 e. The SMILES string of the molecule is COc1cc(CN2CCC3(CC2)OCC[C@H](O)[C@@H]3O)ccc1Cl.O=CO. The first kappa shape index (κ1) is 20.9. The van der Waals surface area contributed by atoms with Gasteiger partial charge in [0.2, 0.25) is 0 Å². The maximum absolute atomic E-state index is 10.3. The second-order valence-corrected chi connectivity index (χ2v) is 6.97. The van der Waals surface area contributed by atoms with Crippen LogP contribution in [0.15, 0.2) is 18.2 Å². The van der Waals surface area contributed by atoms with Crippen molar-refractivity contribution in [1.82, 2.24) is 4.90 Å². The quantitative estimate of drug-likeness (QED) is 0.676. The molecule has 1 spiro atoms. The van der Waals surface area contributed by atoms with Gasteiger partial charge in [-0.3, -0.25) is 9.69 Å². The van der Waals surface area contributed by atoms with Gasteiger partial charge in [0.1, 0.15) is 11.9 Å². The van der Waals surface area contributed by atoms with Gasteiger partial charge in [-0.25, -0.2) is 0 Å². The van der Waals surface area contributed by atoms with Gasteiger partial charge in [0.15, 0.2) is 0 Å². The van der Waals surface area contributed by atoms with Crippen molar-refractivity contribution < 1.29 is 29.6 Å². The van der Waals surface area contributed by atoms with Gasteiger partial charge >= 0.3 is 0 Å². The van der Waals surface area contributed by atoms with E-state index in [0.717, 1.165) is 38.0 Å². The number of halogens is 1. The number of hydrogen-bond acceptors (Lipinski definition) is 6. The molecule has 0 aliphatic carbocycles. The zero-order valence-corrected chi connectivity index (χ0v) is 15.6. The summed E-state index contributed by atoms with van der Waals surface area (Å²) in [5.74, 6) is 0.687. The number of hydrogen-bond donors (Lipinski definition) is 3. The fraction of sp³-hybridized carbons (Fsp3) is 0.611. The highest BCUT2D eigenvalue weighted by atomic mass is 35.5. The van der Waals surface area contributed by atoms with Gasteiger partial charge in [0.05, 0.1) is 30.4 Å². The van der Waals surface area contributed by atoms with Crippen LogP contribution in [0.4, 0.5) is 0 Å². The first-order chi connectivity index (χ1) is 12.5. The molecule has 7 nitrogen and oxygen atoms in total. The van der Waals surface area contributed by atoms with E-state index < -0.39 is 17.8 Å². The third-order valence-electron chi connectivity index (χ3n) is 5.03. The molecule has 26 heavy (non-hydrogen) atoms. The highest BCUT2D eigenvalue weighted by Gasteiger charge is 2.47. The van der Waals surface area contributed by atoms with Crippen LogP contribution in [0.2, 0.25) is 5.02 Å². The van der Waals surface area contributed by atoms with Gasteiger partial charge in [-0.05, 0) is 37.0 Å². The molecule has 146 valence electrons. The van der Waals surface area contributed by atoms with Crippen molar-refractivity contribution in [2.45, 2.75) is 43.6 Å². The minimum absolute atomic E-state index is 0.250. The molecule has 0 radical (unpaired) electrons. The first-order valence-corrected chi connectivity index (χ1v) is 8.96. The van der Waals surface area contributed by atoms with Crippen LogP contribution in [-0.4, -0.2) is 71.3 Å². The molecule has 2 aliphatic rings. The largest absolute Gasteiger partial charge is 0.495 e. The van der Waals surface area contributed by atoms with Gasteiger partial charge in [-0.2, -0.15) is 0 Å². The third-order valence-corrected chi connectivity index (χ3v) is 5.34. The zero-order valence-electron chi connectivity index (χ0n) is 14.8. The molecule has 2 fully saturated rings. The Labute approximate surface area is 158 Å². The fourth-order valence-electron chi connectivity index (χ4n) is 3.57. The summed E-state index contributed by atoms with van der Waals surface area (Å²) in [7, 11) is 1.61. The number of nitrogens with zero attached hydrogens (tertiary/aromatic N) is 1. The van der Waals surface area contributed by atoms with Crippen LogP contribution in [0.1, 0.15) is 24.8 Å². The van der Waals surface area contributed by atoms with E-state index in [1.54, 1.807) is 7.11 Å². The average Bonchev–Trinajstić information content (AvgIpc) is 2.64. The monoisotopic (exact) mass is 387 g/mol. The molecule has 2 heterocycles. The summed E-state index contributed by atoms with van der Waals surface area (Å²) < 4.78 is 11.1. The molecule has 2 aliphatic heterocycles. The first-order valence-electron chi connectivity index (χ1n) is 8.58. The molecule has 1 aromatic carbocycles. The van der Waals surface area contributed by atoms with Crippen molar-refractivity contribution in [1.29, 1.82) is 0 Å². The van der Waals surface area contributed by atoms with Gasteiger partial charge in [-0.15, -0.1) is 0 Å². The molecule has 1 aromatic rings. The van der Waals surface area contributed by atoms with Crippen molar-refractivity contribution in [2.24, 2.45) is 0 Å². The Hall–Kier alpha value is -1.38. The van der Waals surface area contributed by atoms with Crippen LogP contribution >= 0.6 is 11.6 Å². The molecule has 0 unspecified atom stereocenters. The van der Waals surface area contributed by atoms with Crippen molar-refractivity contribution in [3.63, 3.8) is 0 Å². The van der Waals surface area contributed by atoms with Gasteiger partial charge in [0.25, 0.3) is 6.47 Å². The lowest BCUT2D eigenvalue weighted by molar-refractivity contribution is -0.214. The van der Waals surface area contributed by atoms with Crippen LogP contribution in [-0.2, 0) is 16.1 Å². The molecule has 2 atom stereocenters. The fourth-order valence-corrected chi connectivity index (χ4v) is 3.76. The molecule has 8 heteroatoms. The lowest BCUT2D eigenvalue weighted by atomic mass is 9.80. The Morgan fingerprint density at radius 1 is 1.38 bits per heavy atom. The maximum atomic E-state index is 10.3. The Morgan fingerprint density at radius 3 is 2.65 bits per heavy atom. The summed E-state index contributed by atoms with van der Waals surface area (Å²) in [6.45, 7) is 2.73.